The van der Waals surface area contributed by atoms with Gasteiger partial charge in [-0.05, 0) is 53.8 Å². The van der Waals surface area contributed by atoms with Crippen LogP contribution in [0.15, 0.2) is 61.6 Å². The quantitative estimate of drug-likeness (QED) is 0.0367. The number of aromatic nitrogens is 9. The first-order chi connectivity index (χ1) is 37.8. The Morgan fingerprint density at radius 1 is 0.487 bits per heavy atom. The molecular weight excluding hydrogens is 1040 g/mol. The van der Waals surface area contributed by atoms with Crippen LogP contribution in [0, 0.1) is 0 Å². The van der Waals surface area contributed by atoms with Gasteiger partial charge in [-0.1, -0.05) is 0 Å². The first-order valence-corrected chi connectivity index (χ1v) is 25.4. The van der Waals surface area contributed by atoms with E-state index in [-0.39, 0.29) is 67.1 Å². The second-order valence-electron chi connectivity index (χ2n) is 20.0. The van der Waals surface area contributed by atoms with Crippen LogP contribution in [0.4, 0.5) is 50.9 Å². The average Bonchev–Trinajstić information content (AvgIpc) is 4.24. The van der Waals surface area contributed by atoms with Gasteiger partial charge in [-0.3, -0.25) is 38.4 Å². The number of hydrogen-bond donors (Lipinski definition) is 9. The van der Waals surface area contributed by atoms with Crippen LogP contribution in [0.1, 0.15) is 97.6 Å². The normalized spacial score (nSPS) is 11.2. The van der Waals surface area contributed by atoms with E-state index in [9.17, 15) is 43.2 Å². The molecule has 80 heavy (non-hydrogen) atoms. The molecule has 29 heteroatoms. The van der Waals surface area contributed by atoms with Crippen molar-refractivity contribution in [2.45, 2.75) is 71.3 Å². The van der Waals surface area contributed by atoms with Gasteiger partial charge in [0.15, 0.2) is 17.5 Å². The zero-order chi connectivity index (χ0) is 58.4. The average molecular weight is 1110 g/mol. The lowest BCUT2D eigenvalue weighted by atomic mass is 10.2. The van der Waals surface area contributed by atoms with Gasteiger partial charge in [0.1, 0.15) is 23.1 Å². The Bertz CT molecular complexity index is 3250. The van der Waals surface area contributed by atoms with Crippen molar-refractivity contribution in [1.29, 1.82) is 0 Å². The molecule has 0 saturated carbocycles. The Hall–Kier alpha value is -9.54. The van der Waals surface area contributed by atoms with Crippen molar-refractivity contribution in [1.82, 2.24) is 52.6 Å². The molecule has 0 aliphatic carbocycles. The maximum Gasteiger partial charge on any atom is 0.407 e. The molecule has 6 heterocycles. The highest BCUT2D eigenvalue weighted by Gasteiger charge is 2.22. The number of alkyl carbamates (subject to hydrolysis) is 1. The van der Waals surface area contributed by atoms with E-state index in [1.807, 2.05) is 7.05 Å². The number of nitrogens with zero attached hydrogens (tertiary/aromatic N) is 10. The van der Waals surface area contributed by atoms with Gasteiger partial charge in [-0.2, -0.15) is 0 Å². The fourth-order valence-corrected chi connectivity index (χ4v) is 7.85. The Morgan fingerprint density at radius 2 is 0.875 bits per heavy atom. The van der Waals surface area contributed by atoms with E-state index in [1.54, 1.807) is 118 Å². The zero-order valence-corrected chi connectivity index (χ0v) is 46.4. The summed E-state index contributed by atoms with van der Waals surface area (Å²) in [5.41, 5.74) is 0.584. The summed E-state index contributed by atoms with van der Waals surface area (Å²) in [6.45, 7) is 7.28. The van der Waals surface area contributed by atoms with Crippen molar-refractivity contribution in [3.63, 3.8) is 0 Å². The summed E-state index contributed by atoms with van der Waals surface area (Å²) in [6.07, 6.45) is 11.2. The lowest BCUT2D eigenvalue weighted by Gasteiger charge is -2.20. The maximum atomic E-state index is 13.3. The molecule has 0 atom stereocenters. The molecule has 6 rings (SSSR count). The van der Waals surface area contributed by atoms with Gasteiger partial charge >= 0.3 is 6.09 Å². The van der Waals surface area contributed by atoms with Gasteiger partial charge in [-0.25, -0.2) is 19.7 Å². The molecule has 0 aliphatic rings. The van der Waals surface area contributed by atoms with Crippen LogP contribution in [-0.4, -0.2) is 133 Å². The molecule has 0 aromatic carbocycles. The number of anilines is 8. The van der Waals surface area contributed by atoms with Gasteiger partial charge in [0, 0.05) is 143 Å². The molecule has 0 unspecified atom stereocenters. The molecule has 0 spiro atoms. The molecule has 0 radical (unpaired) electrons. The minimum absolute atomic E-state index is 0.0133. The third-order valence-electron chi connectivity index (χ3n) is 11.8. The Balaban J connectivity index is 0.875. The van der Waals surface area contributed by atoms with Crippen LogP contribution < -0.4 is 47.9 Å². The number of imidazole rings is 3. The number of aryl methyl sites for hydroxylation is 6. The highest BCUT2D eigenvalue weighted by molar-refractivity contribution is 6.05. The number of hydrogen-bond acceptors (Lipinski definition) is 14. The number of nitrogens with one attached hydrogen (secondary N) is 9. The molecule has 0 fully saturated rings. The highest BCUT2D eigenvalue weighted by Crippen LogP contribution is 2.22. The van der Waals surface area contributed by atoms with Gasteiger partial charge in [0.25, 0.3) is 17.7 Å². The van der Waals surface area contributed by atoms with E-state index in [2.05, 4.69) is 67.7 Å². The molecule has 6 aromatic heterocycles. The molecule has 0 saturated heterocycles. The monoisotopic (exact) mass is 1110 g/mol. The standard InChI is InChI=1S/C51H69N19O10/c1-51(2,3)80-50(79)53-18-12-21-64(4)20-11-13-39(71)61-36-24-32(27-66(36)6)55-48(77)45-59-34(29-69(45)9)57-41(73)15-17-43(75)63-38-25-33(28-68(38)8)56-49(78)46-60-35(30-70(46)10)58-40(72)14-16-42(74)62-37-23-31(26-67(37)7)54-47(76)44-52-19-22-65(44)5/h19,22-30H,11-18,20-21H2,1-10H3,(H,53,79)(H,54,76)(H,55,77)(H,56,78)(H,57,73)(H,58,72)(H,61,71)(H,62,74)(H,63,75). The van der Waals surface area contributed by atoms with E-state index < -0.39 is 53.0 Å². The van der Waals surface area contributed by atoms with Gasteiger partial charge in [0.05, 0.1) is 17.1 Å². The van der Waals surface area contributed by atoms with E-state index in [0.717, 1.165) is 13.0 Å². The summed E-state index contributed by atoms with van der Waals surface area (Å²) < 4.78 is 14.5. The minimum atomic E-state index is -0.622. The predicted molar refractivity (Wildman–Crippen MR) is 297 cm³/mol. The van der Waals surface area contributed by atoms with Crippen LogP contribution in [0.5, 0.6) is 0 Å². The predicted octanol–water partition coefficient (Wildman–Crippen LogP) is 3.94. The van der Waals surface area contributed by atoms with Gasteiger partial charge in [0.2, 0.25) is 41.2 Å². The van der Waals surface area contributed by atoms with Crippen molar-refractivity contribution in [2.75, 3.05) is 69.2 Å². The van der Waals surface area contributed by atoms with Gasteiger partial charge < -0.3 is 84.9 Å². The van der Waals surface area contributed by atoms with E-state index in [1.165, 1.54) is 33.8 Å². The number of carbonyl (C=O) groups is 9. The highest BCUT2D eigenvalue weighted by atomic mass is 16.6. The maximum absolute atomic E-state index is 13.3. The van der Waals surface area contributed by atoms with Crippen molar-refractivity contribution in [2.24, 2.45) is 42.3 Å². The minimum Gasteiger partial charge on any atom is -0.444 e. The van der Waals surface area contributed by atoms with Crippen LogP contribution >= 0.6 is 0 Å². The number of ether oxygens (including phenoxy) is 1. The Morgan fingerprint density at radius 3 is 1.27 bits per heavy atom. The SMILES string of the molecule is CN(CCCNC(=O)OC(C)(C)C)CCCC(=O)Nc1cc(NC(=O)c2nc(NC(=O)CCC(=O)Nc3cc(NC(=O)c4nc(NC(=O)CCC(=O)Nc5cc(NC(=O)c6nccn6C)cn5C)cn4C)cn3C)cn2C)cn1C. The molecule has 9 N–H and O–H groups in total. The third-order valence-corrected chi connectivity index (χ3v) is 11.8. The lowest BCUT2D eigenvalue weighted by Crippen LogP contribution is -2.34. The topological polar surface area (TPSA) is 343 Å². The van der Waals surface area contributed by atoms with E-state index in [0.29, 0.717) is 54.0 Å². The lowest BCUT2D eigenvalue weighted by molar-refractivity contribution is -0.121. The van der Waals surface area contributed by atoms with Crippen molar-refractivity contribution < 1.29 is 47.9 Å². The molecule has 428 valence electrons. The second-order valence-corrected chi connectivity index (χ2v) is 20.0. The molecule has 29 nitrogen and oxygen atoms in total. The summed E-state index contributed by atoms with van der Waals surface area (Å²) >= 11 is 0. The van der Waals surface area contributed by atoms with Crippen LogP contribution in [0.3, 0.4) is 0 Å². The van der Waals surface area contributed by atoms with Gasteiger partial charge in [-0.15, -0.1) is 0 Å². The summed E-state index contributed by atoms with van der Waals surface area (Å²) in [5.74, 6) is -2.33. The van der Waals surface area contributed by atoms with Crippen molar-refractivity contribution in [3.8, 4) is 0 Å². The largest absolute Gasteiger partial charge is 0.444 e. The molecule has 9 amide bonds. The third kappa shape index (κ3) is 17.8. The van der Waals surface area contributed by atoms with Crippen LogP contribution in [0.25, 0.3) is 0 Å². The summed E-state index contributed by atoms with van der Waals surface area (Å²) in [5, 5.41) is 24.4. The van der Waals surface area contributed by atoms with Crippen LogP contribution in [0.2, 0.25) is 0 Å². The number of rotatable bonds is 25. The molecule has 0 aliphatic heterocycles. The molecule has 0 bridgehead atoms. The summed E-state index contributed by atoms with van der Waals surface area (Å²) in [6, 6.07) is 4.69. The van der Waals surface area contributed by atoms with Crippen molar-refractivity contribution >= 4 is 99.5 Å². The first-order valence-electron chi connectivity index (χ1n) is 25.4. The fourth-order valence-electron chi connectivity index (χ4n) is 7.85. The Labute approximate surface area is 460 Å². The first kappa shape index (κ1) is 59.7. The Kier molecular flexibility index (Phi) is 19.9. The number of amides is 9. The second kappa shape index (κ2) is 26.7. The zero-order valence-electron chi connectivity index (χ0n) is 46.4. The summed E-state index contributed by atoms with van der Waals surface area (Å²) in [4.78, 5) is 129. The van der Waals surface area contributed by atoms with E-state index >= 15 is 0 Å². The smallest absolute Gasteiger partial charge is 0.407 e. The molecular formula is C51H69N19O10. The fraction of sp³-hybridized carbons (Fsp3) is 0.412. The summed E-state index contributed by atoms with van der Waals surface area (Å²) in [7, 11) is 11.8. The van der Waals surface area contributed by atoms with Crippen molar-refractivity contribution in [3.05, 3.63) is 79.1 Å². The van der Waals surface area contributed by atoms with Crippen LogP contribution in [-0.2, 0) is 71.0 Å². The molecule has 6 aromatic rings. The number of carbonyl (C=O) groups excluding carboxylic acids is 9. The van der Waals surface area contributed by atoms with E-state index in [4.69, 9.17) is 4.74 Å².